The quantitative estimate of drug-likeness (QED) is 0.746. The molecular formula is C18H20N4O. The minimum absolute atomic E-state index is 0.416. The Morgan fingerprint density at radius 3 is 2.83 bits per heavy atom. The van der Waals surface area contributed by atoms with Gasteiger partial charge in [-0.3, -0.25) is 4.57 Å². The number of pyridine rings is 1. The van der Waals surface area contributed by atoms with Gasteiger partial charge >= 0.3 is 0 Å². The molecule has 0 radical (unpaired) electrons. The van der Waals surface area contributed by atoms with Crippen LogP contribution in [0.5, 0.6) is 5.75 Å². The van der Waals surface area contributed by atoms with Crippen molar-refractivity contribution in [1.82, 2.24) is 19.4 Å². The number of hydrogen-bond acceptors (Lipinski definition) is 4. The molecule has 1 aliphatic heterocycles. The first kappa shape index (κ1) is 14.2. The number of ether oxygens (including phenoxy) is 1. The summed E-state index contributed by atoms with van der Waals surface area (Å²) in [5.74, 6) is 2.33. The number of para-hydroxylation sites is 2. The molecule has 1 atom stereocenters. The first-order valence-electron chi connectivity index (χ1n) is 7.93. The summed E-state index contributed by atoms with van der Waals surface area (Å²) in [7, 11) is 3.86. The van der Waals surface area contributed by atoms with Crippen molar-refractivity contribution in [1.29, 1.82) is 0 Å². The molecule has 0 amide bonds. The maximum atomic E-state index is 5.57. The average Bonchev–Trinajstić information content (AvgIpc) is 3.18. The van der Waals surface area contributed by atoms with Crippen LogP contribution in [0.1, 0.15) is 18.2 Å². The number of likely N-dealkylation sites (tertiary alicyclic amines) is 1. The Bertz CT molecular complexity index is 842. The van der Waals surface area contributed by atoms with Crippen LogP contribution in [0.2, 0.25) is 0 Å². The zero-order valence-corrected chi connectivity index (χ0v) is 13.4. The van der Waals surface area contributed by atoms with Crippen LogP contribution in [0.25, 0.3) is 16.9 Å². The van der Waals surface area contributed by atoms with Crippen molar-refractivity contribution < 1.29 is 4.74 Å². The van der Waals surface area contributed by atoms with E-state index in [1.165, 1.54) is 0 Å². The van der Waals surface area contributed by atoms with E-state index in [-0.39, 0.29) is 0 Å². The molecule has 1 aliphatic rings. The Morgan fingerprint density at radius 1 is 1.17 bits per heavy atom. The van der Waals surface area contributed by atoms with Crippen LogP contribution in [0.15, 0.2) is 42.6 Å². The van der Waals surface area contributed by atoms with Crippen LogP contribution < -0.4 is 4.74 Å². The highest BCUT2D eigenvalue weighted by atomic mass is 16.5. The van der Waals surface area contributed by atoms with Gasteiger partial charge in [-0.2, -0.15) is 0 Å². The van der Waals surface area contributed by atoms with Gasteiger partial charge in [0.15, 0.2) is 5.65 Å². The molecule has 1 unspecified atom stereocenters. The van der Waals surface area contributed by atoms with Crippen LogP contribution in [0.3, 0.4) is 0 Å². The van der Waals surface area contributed by atoms with Crippen molar-refractivity contribution in [3.8, 4) is 11.4 Å². The standard InChI is InChI=1S/C18H20N4O/c1-21-11-9-13(12-21)17-20-14-6-5-10-19-18(14)22(17)15-7-3-4-8-16(15)23-2/h3-8,10,13H,9,11-12H2,1-2H3. The molecule has 3 heterocycles. The largest absolute Gasteiger partial charge is 0.495 e. The minimum atomic E-state index is 0.416. The summed E-state index contributed by atoms with van der Waals surface area (Å²) >= 11 is 0. The van der Waals surface area contributed by atoms with E-state index in [2.05, 4.69) is 27.6 Å². The average molecular weight is 308 g/mol. The van der Waals surface area contributed by atoms with Crippen molar-refractivity contribution in [2.45, 2.75) is 12.3 Å². The fourth-order valence-corrected chi connectivity index (χ4v) is 3.40. The van der Waals surface area contributed by atoms with E-state index in [1.807, 2.05) is 36.5 Å². The zero-order chi connectivity index (χ0) is 15.8. The van der Waals surface area contributed by atoms with E-state index in [1.54, 1.807) is 7.11 Å². The molecular weight excluding hydrogens is 288 g/mol. The number of rotatable bonds is 3. The summed E-state index contributed by atoms with van der Waals surface area (Å²) in [4.78, 5) is 11.8. The van der Waals surface area contributed by atoms with Crippen LogP contribution in [0, 0.1) is 0 Å². The van der Waals surface area contributed by atoms with Gasteiger partial charge in [-0.05, 0) is 44.3 Å². The number of methoxy groups -OCH3 is 1. The second-order valence-electron chi connectivity index (χ2n) is 6.07. The number of aromatic nitrogens is 3. The van der Waals surface area contributed by atoms with Crippen LogP contribution in [-0.4, -0.2) is 46.7 Å². The Balaban J connectivity index is 1.96. The van der Waals surface area contributed by atoms with Crippen molar-refractivity contribution >= 4 is 11.2 Å². The Hall–Kier alpha value is -2.40. The summed E-state index contributed by atoms with van der Waals surface area (Å²) in [6.07, 6.45) is 2.94. The van der Waals surface area contributed by atoms with Gasteiger partial charge in [0, 0.05) is 18.7 Å². The monoisotopic (exact) mass is 308 g/mol. The fraction of sp³-hybridized carbons (Fsp3) is 0.333. The molecule has 1 aromatic carbocycles. The second-order valence-corrected chi connectivity index (χ2v) is 6.07. The smallest absolute Gasteiger partial charge is 0.164 e. The lowest BCUT2D eigenvalue weighted by Gasteiger charge is -2.16. The Kier molecular flexibility index (Phi) is 3.50. The number of imidazole rings is 1. The maximum Gasteiger partial charge on any atom is 0.164 e. The molecule has 0 bridgehead atoms. The summed E-state index contributed by atoms with van der Waals surface area (Å²) in [6, 6.07) is 12.0. The van der Waals surface area contributed by atoms with Gasteiger partial charge < -0.3 is 9.64 Å². The third-order valence-electron chi connectivity index (χ3n) is 4.52. The zero-order valence-electron chi connectivity index (χ0n) is 13.4. The lowest BCUT2D eigenvalue weighted by Crippen LogP contribution is -2.15. The molecule has 118 valence electrons. The minimum Gasteiger partial charge on any atom is -0.495 e. The van der Waals surface area contributed by atoms with E-state index >= 15 is 0 Å². The molecule has 4 rings (SSSR count). The van der Waals surface area contributed by atoms with Crippen molar-refractivity contribution in [3.05, 3.63) is 48.4 Å². The molecule has 0 saturated carbocycles. The van der Waals surface area contributed by atoms with Gasteiger partial charge in [0.25, 0.3) is 0 Å². The van der Waals surface area contributed by atoms with E-state index in [9.17, 15) is 0 Å². The number of benzene rings is 1. The van der Waals surface area contributed by atoms with Gasteiger partial charge in [-0.25, -0.2) is 9.97 Å². The number of fused-ring (bicyclic) bond motifs is 1. The van der Waals surface area contributed by atoms with Gasteiger partial charge in [0.2, 0.25) is 0 Å². The summed E-state index contributed by atoms with van der Waals surface area (Å²) < 4.78 is 7.73. The summed E-state index contributed by atoms with van der Waals surface area (Å²) in [5, 5.41) is 0. The van der Waals surface area contributed by atoms with E-state index in [4.69, 9.17) is 9.72 Å². The van der Waals surface area contributed by atoms with Crippen molar-refractivity contribution in [2.24, 2.45) is 0 Å². The van der Waals surface area contributed by atoms with E-state index in [0.717, 1.165) is 47.9 Å². The van der Waals surface area contributed by atoms with Crippen LogP contribution >= 0.6 is 0 Å². The SMILES string of the molecule is COc1ccccc1-n1c(C2CCN(C)C2)nc2cccnc21. The Morgan fingerprint density at radius 2 is 2.04 bits per heavy atom. The van der Waals surface area contributed by atoms with E-state index in [0.29, 0.717) is 5.92 Å². The molecule has 0 N–H and O–H groups in total. The summed E-state index contributed by atoms with van der Waals surface area (Å²) in [6.45, 7) is 2.13. The molecule has 3 aromatic rings. The van der Waals surface area contributed by atoms with Gasteiger partial charge in [-0.1, -0.05) is 12.1 Å². The molecule has 0 spiro atoms. The van der Waals surface area contributed by atoms with Crippen molar-refractivity contribution in [2.75, 3.05) is 27.2 Å². The lowest BCUT2D eigenvalue weighted by atomic mass is 10.1. The fourth-order valence-electron chi connectivity index (χ4n) is 3.40. The van der Waals surface area contributed by atoms with Crippen LogP contribution in [0.4, 0.5) is 0 Å². The third kappa shape index (κ3) is 2.37. The first-order valence-corrected chi connectivity index (χ1v) is 7.93. The highest BCUT2D eigenvalue weighted by molar-refractivity contribution is 5.75. The lowest BCUT2D eigenvalue weighted by molar-refractivity contribution is 0.407. The highest BCUT2D eigenvalue weighted by Gasteiger charge is 2.28. The predicted octanol–water partition coefficient (Wildman–Crippen LogP) is 2.85. The molecule has 5 heteroatoms. The molecule has 5 nitrogen and oxygen atoms in total. The topological polar surface area (TPSA) is 43.2 Å². The molecule has 1 fully saturated rings. The van der Waals surface area contributed by atoms with E-state index < -0.39 is 0 Å². The van der Waals surface area contributed by atoms with Crippen LogP contribution in [-0.2, 0) is 0 Å². The predicted molar refractivity (Wildman–Crippen MR) is 90.3 cm³/mol. The molecule has 23 heavy (non-hydrogen) atoms. The molecule has 0 aliphatic carbocycles. The second kappa shape index (κ2) is 5.66. The third-order valence-corrected chi connectivity index (χ3v) is 4.52. The summed E-state index contributed by atoms with van der Waals surface area (Å²) in [5.41, 5.74) is 2.82. The molecule has 1 saturated heterocycles. The van der Waals surface area contributed by atoms with Gasteiger partial charge in [0.05, 0.1) is 12.8 Å². The van der Waals surface area contributed by atoms with Gasteiger partial charge in [0.1, 0.15) is 17.1 Å². The highest BCUT2D eigenvalue weighted by Crippen LogP contribution is 2.33. The number of likely N-dealkylation sites (N-methyl/N-ethyl adjacent to an activating group) is 1. The molecule has 2 aromatic heterocycles. The number of hydrogen-bond donors (Lipinski definition) is 0. The Labute approximate surface area is 135 Å². The maximum absolute atomic E-state index is 5.57. The van der Waals surface area contributed by atoms with Crippen molar-refractivity contribution in [3.63, 3.8) is 0 Å². The van der Waals surface area contributed by atoms with Gasteiger partial charge in [-0.15, -0.1) is 0 Å². The number of nitrogens with zero attached hydrogens (tertiary/aromatic N) is 4. The first-order chi connectivity index (χ1) is 11.3. The normalized spacial score (nSPS) is 18.6.